The molecule has 1 aliphatic rings. The van der Waals surface area contributed by atoms with Crippen LogP contribution in [0, 0.1) is 5.82 Å². The molecule has 4 rings (SSSR count). The van der Waals surface area contributed by atoms with Crippen LogP contribution in [-0.2, 0) is 22.5 Å². The van der Waals surface area contributed by atoms with Crippen LogP contribution in [0.3, 0.4) is 0 Å². The first-order chi connectivity index (χ1) is 12.6. The third kappa shape index (κ3) is 2.54. The minimum atomic E-state index is -0.460. The van der Waals surface area contributed by atoms with Crippen LogP contribution >= 0.6 is 0 Å². The number of nitrogens with zero attached hydrogens (tertiary/aromatic N) is 2. The molecule has 2 heterocycles. The second-order valence-electron chi connectivity index (χ2n) is 6.19. The number of aromatic nitrogens is 1. The van der Waals surface area contributed by atoms with Crippen LogP contribution in [0.4, 0.5) is 10.1 Å². The van der Waals surface area contributed by atoms with Gasteiger partial charge in [0.25, 0.3) is 5.91 Å². The Morgan fingerprint density at radius 1 is 1.19 bits per heavy atom. The summed E-state index contributed by atoms with van der Waals surface area (Å²) in [6.45, 7) is 0.409. The molecular weight excluding hydrogens is 335 g/mol. The minimum absolute atomic E-state index is 0.0949. The topological polar surface area (TPSA) is 51.5 Å². The van der Waals surface area contributed by atoms with Gasteiger partial charge >= 0.3 is 5.97 Å². The van der Waals surface area contributed by atoms with Crippen LogP contribution in [0.25, 0.3) is 10.9 Å². The summed E-state index contributed by atoms with van der Waals surface area (Å²) >= 11 is 0. The zero-order valence-electron chi connectivity index (χ0n) is 14.2. The van der Waals surface area contributed by atoms with Gasteiger partial charge in [-0.05, 0) is 42.3 Å². The van der Waals surface area contributed by atoms with Crippen molar-refractivity contribution in [1.29, 1.82) is 0 Å². The Hall–Kier alpha value is -3.15. The van der Waals surface area contributed by atoms with E-state index in [4.69, 9.17) is 4.74 Å². The second-order valence-corrected chi connectivity index (χ2v) is 6.19. The number of hydrogen-bond acceptors (Lipinski definition) is 3. The molecule has 0 aliphatic carbocycles. The summed E-state index contributed by atoms with van der Waals surface area (Å²) in [5.41, 5.74) is 2.65. The summed E-state index contributed by atoms with van der Waals surface area (Å²) in [5, 5.41) is 0.671. The average Bonchev–Trinajstić information content (AvgIpc) is 2.96. The van der Waals surface area contributed by atoms with Crippen molar-refractivity contribution in [2.45, 2.75) is 13.0 Å². The number of rotatable bonds is 3. The summed E-state index contributed by atoms with van der Waals surface area (Å²) in [6.07, 6.45) is 0.587. The van der Waals surface area contributed by atoms with Crippen molar-refractivity contribution in [2.75, 3.05) is 18.6 Å². The maximum absolute atomic E-state index is 13.8. The number of hydrogen-bond donors (Lipinski definition) is 0. The van der Waals surface area contributed by atoms with Crippen molar-refractivity contribution >= 4 is 28.5 Å². The summed E-state index contributed by atoms with van der Waals surface area (Å²) < 4.78 is 20.2. The van der Waals surface area contributed by atoms with E-state index >= 15 is 0 Å². The fraction of sp³-hybridized carbons (Fsp3) is 0.200. The summed E-state index contributed by atoms with van der Waals surface area (Å²) in [5.74, 6) is -1.02. The Kier molecular flexibility index (Phi) is 3.95. The number of ether oxygens (including phenoxy) is 1. The third-order valence-corrected chi connectivity index (χ3v) is 4.75. The second kappa shape index (κ2) is 6.29. The van der Waals surface area contributed by atoms with Crippen molar-refractivity contribution in [1.82, 2.24) is 4.57 Å². The molecule has 0 unspecified atom stereocenters. The summed E-state index contributed by atoms with van der Waals surface area (Å²) in [6, 6.07) is 13.7. The highest BCUT2D eigenvalue weighted by Gasteiger charge is 2.32. The van der Waals surface area contributed by atoms with Crippen LogP contribution in [-0.4, -0.2) is 30.1 Å². The molecule has 1 amide bonds. The highest BCUT2D eigenvalue weighted by Crippen LogP contribution is 2.33. The average molecular weight is 352 g/mol. The van der Waals surface area contributed by atoms with E-state index in [2.05, 4.69) is 0 Å². The van der Waals surface area contributed by atoms with Gasteiger partial charge in [0.05, 0.1) is 7.11 Å². The lowest BCUT2D eigenvalue weighted by atomic mass is 10.0. The van der Waals surface area contributed by atoms with E-state index in [1.807, 2.05) is 30.3 Å². The molecule has 0 atom stereocenters. The number of benzene rings is 2. The molecule has 5 nitrogen and oxygen atoms in total. The molecule has 0 spiro atoms. The smallest absolute Gasteiger partial charge is 0.325 e. The van der Waals surface area contributed by atoms with Gasteiger partial charge in [0.15, 0.2) is 0 Å². The predicted octanol–water partition coefficient (Wildman–Crippen LogP) is 3.16. The van der Waals surface area contributed by atoms with Gasteiger partial charge in [0.1, 0.15) is 18.1 Å². The maximum atomic E-state index is 13.8. The molecule has 132 valence electrons. The number of anilines is 1. The standard InChI is InChI=1S/C20H17FN2O3/c1-26-18(24)12-23-17-8-7-13(21)11-16(17)15-9-10-22(20(25)19(15)23)14-5-3-2-4-6-14/h2-8,11H,9-10,12H2,1H3. The normalized spacial score (nSPS) is 13.8. The maximum Gasteiger partial charge on any atom is 0.325 e. The molecule has 3 aromatic rings. The number of fused-ring (bicyclic) bond motifs is 3. The number of amides is 1. The molecule has 0 radical (unpaired) electrons. The van der Waals surface area contributed by atoms with Crippen LogP contribution in [0.15, 0.2) is 48.5 Å². The lowest BCUT2D eigenvalue weighted by molar-refractivity contribution is -0.141. The summed E-state index contributed by atoms with van der Waals surface area (Å²) in [4.78, 5) is 26.8. The van der Waals surface area contributed by atoms with Crippen molar-refractivity contribution in [3.8, 4) is 0 Å². The van der Waals surface area contributed by atoms with Crippen molar-refractivity contribution in [2.24, 2.45) is 0 Å². The van der Waals surface area contributed by atoms with Gasteiger partial charge in [-0.1, -0.05) is 18.2 Å². The van der Waals surface area contributed by atoms with Crippen molar-refractivity contribution < 1.29 is 18.7 Å². The number of halogens is 1. The van der Waals surface area contributed by atoms with Gasteiger partial charge in [-0.25, -0.2) is 4.39 Å². The van der Waals surface area contributed by atoms with Gasteiger partial charge in [-0.15, -0.1) is 0 Å². The number of carbonyl (C=O) groups excluding carboxylic acids is 2. The predicted molar refractivity (Wildman–Crippen MR) is 95.7 cm³/mol. The zero-order chi connectivity index (χ0) is 18.3. The van der Waals surface area contributed by atoms with E-state index < -0.39 is 5.97 Å². The fourth-order valence-electron chi connectivity index (χ4n) is 3.56. The van der Waals surface area contributed by atoms with Gasteiger partial charge in [-0.3, -0.25) is 9.59 Å². The molecule has 0 saturated heterocycles. The number of methoxy groups -OCH3 is 1. The third-order valence-electron chi connectivity index (χ3n) is 4.75. The molecule has 6 heteroatoms. The first-order valence-corrected chi connectivity index (χ1v) is 8.34. The Bertz CT molecular complexity index is 1010. The van der Waals surface area contributed by atoms with Gasteiger partial charge in [-0.2, -0.15) is 0 Å². The molecular formula is C20H17FN2O3. The number of para-hydroxylation sites is 1. The molecule has 1 aliphatic heterocycles. The summed E-state index contributed by atoms with van der Waals surface area (Å²) in [7, 11) is 1.30. The van der Waals surface area contributed by atoms with E-state index in [1.54, 1.807) is 15.5 Å². The van der Waals surface area contributed by atoms with Crippen LogP contribution < -0.4 is 4.90 Å². The van der Waals surface area contributed by atoms with E-state index in [1.165, 1.54) is 19.2 Å². The van der Waals surface area contributed by atoms with Crippen LogP contribution in [0.5, 0.6) is 0 Å². The fourth-order valence-corrected chi connectivity index (χ4v) is 3.56. The Morgan fingerprint density at radius 2 is 1.96 bits per heavy atom. The lowest BCUT2D eigenvalue weighted by Gasteiger charge is -2.28. The SMILES string of the molecule is COC(=O)Cn1c2c(c3cc(F)ccc31)CCN(c1ccccc1)C2=O. The van der Waals surface area contributed by atoms with Crippen molar-refractivity contribution in [3.63, 3.8) is 0 Å². The van der Waals surface area contributed by atoms with Crippen LogP contribution in [0.2, 0.25) is 0 Å². The molecule has 26 heavy (non-hydrogen) atoms. The monoisotopic (exact) mass is 352 g/mol. The van der Waals surface area contributed by atoms with Gasteiger partial charge in [0.2, 0.25) is 0 Å². The lowest BCUT2D eigenvalue weighted by Crippen LogP contribution is -2.39. The molecule has 0 fully saturated rings. The largest absolute Gasteiger partial charge is 0.468 e. The van der Waals surface area contributed by atoms with E-state index in [9.17, 15) is 14.0 Å². The van der Waals surface area contributed by atoms with Gasteiger partial charge in [0, 0.05) is 23.1 Å². The van der Waals surface area contributed by atoms with E-state index in [-0.39, 0.29) is 18.3 Å². The number of esters is 1. The first kappa shape index (κ1) is 16.3. The highest BCUT2D eigenvalue weighted by atomic mass is 19.1. The van der Waals surface area contributed by atoms with Crippen molar-refractivity contribution in [3.05, 3.63) is 65.6 Å². The quantitative estimate of drug-likeness (QED) is 0.681. The molecule has 0 saturated carbocycles. The molecule has 1 aromatic heterocycles. The first-order valence-electron chi connectivity index (χ1n) is 8.34. The van der Waals surface area contributed by atoms with Crippen LogP contribution in [0.1, 0.15) is 16.1 Å². The Morgan fingerprint density at radius 3 is 2.69 bits per heavy atom. The Labute approximate surface area is 149 Å². The van der Waals surface area contributed by atoms with E-state index in [0.29, 0.717) is 29.6 Å². The van der Waals surface area contributed by atoms with E-state index in [0.717, 1.165) is 11.3 Å². The minimum Gasteiger partial charge on any atom is -0.468 e. The molecule has 0 bridgehead atoms. The molecule has 2 aromatic carbocycles. The highest BCUT2D eigenvalue weighted by molar-refractivity contribution is 6.11. The zero-order valence-corrected chi connectivity index (χ0v) is 14.2. The molecule has 0 N–H and O–H groups in total. The number of carbonyl (C=O) groups is 2. The Balaban J connectivity index is 1.90. The van der Waals surface area contributed by atoms with Gasteiger partial charge < -0.3 is 14.2 Å².